The lowest BCUT2D eigenvalue weighted by Gasteiger charge is -2.17. The van der Waals surface area contributed by atoms with E-state index in [-0.39, 0.29) is 11.9 Å². The van der Waals surface area contributed by atoms with Crippen LogP contribution in [0.25, 0.3) is 0 Å². The maximum atomic E-state index is 13.7. The minimum Gasteiger partial charge on any atom is -0.379 e. The zero-order chi connectivity index (χ0) is 13.4. The molecule has 1 unspecified atom stereocenters. The average molecular weight is 263 g/mol. The molecular weight excluding hydrogens is 245 g/mol. The highest BCUT2D eigenvalue weighted by atomic mass is 19.1. The Morgan fingerprint density at radius 3 is 2.84 bits per heavy atom. The number of nitrogens with one attached hydrogen (secondary N) is 1. The Morgan fingerprint density at radius 2 is 2.16 bits per heavy atom. The predicted molar refractivity (Wildman–Crippen MR) is 71.5 cm³/mol. The Hall–Kier alpha value is -1.62. The SMILES string of the molecule is NC(=O)c1ccc(F)c(NC2CCN(C3CC3)C2)c1. The van der Waals surface area contributed by atoms with Gasteiger partial charge in [0.05, 0.1) is 5.69 Å². The van der Waals surface area contributed by atoms with Gasteiger partial charge < -0.3 is 11.1 Å². The fraction of sp³-hybridized carbons (Fsp3) is 0.500. The predicted octanol–water partition coefficient (Wildman–Crippen LogP) is 1.57. The number of primary amides is 1. The van der Waals surface area contributed by atoms with Gasteiger partial charge >= 0.3 is 0 Å². The first kappa shape index (κ1) is 12.4. The van der Waals surface area contributed by atoms with Gasteiger partial charge in [-0.2, -0.15) is 0 Å². The Bertz CT molecular complexity index is 501. The number of rotatable bonds is 4. The highest BCUT2D eigenvalue weighted by molar-refractivity contribution is 5.93. The van der Waals surface area contributed by atoms with Crippen LogP contribution in [-0.2, 0) is 0 Å². The van der Waals surface area contributed by atoms with Crippen LogP contribution in [0, 0.1) is 5.82 Å². The number of nitrogens with two attached hydrogens (primary N) is 1. The maximum Gasteiger partial charge on any atom is 0.248 e. The van der Waals surface area contributed by atoms with Gasteiger partial charge in [-0.15, -0.1) is 0 Å². The van der Waals surface area contributed by atoms with Crippen molar-refractivity contribution in [3.8, 4) is 0 Å². The van der Waals surface area contributed by atoms with Crippen molar-refractivity contribution in [1.29, 1.82) is 0 Å². The third-order valence-electron chi connectivity index (χ3n) is 3.89. The summed E-state index contributed by atoms with van der Waals surface area (Å²) in [6.07, 6.45) is 3.59. The molecule has 0 bridgehead atoms. The van der Waals surface area contributed by atoms with Crippen molar-refractivity contribution in [2.24, 2.45) is 5.73 Å². The van der Waals surface area contributed by atoms with E-state index >= 15 is 0 Å². The molecule has 1 aromatic rings. The summed E-state index contributed by atoms with van der Waals surface area (Å²) >= 11 is 0. The van der Waals surface area contributed by atoms with Crippen LogP contribution in [-0.4, -0.2) is 36.0 Å². The van der Waals surface area contributed by atoms with E-state index in [1.807, 2.05) is 0 Å². The number of likely N-dealkylation sites (tertiary alicyclic amines) is 1. The quantitative estimate of drug-likeness (QED) is 0.867. The van der Waals surface area contributed by atoms with Gasteiger partial charge in [-0.25, -0.2) is 4.39 Å². The molecule has 1 aliphatic heterocycles. The van der Waals surface area contributed by atoms with Crippen LogP contribution in [0.2, 0.25) is 0 Å². The van der Waals surface area contributed by atoms with Crippen molar-refractivity contribution >= 4 is 11.6 Å². The first-order valence-corrected chi connectivity index (χ1v) is 6.73. The zero-order valence-corrected chi connectivity index (χ0v) is 10.7. The molecular formula is C14H18FN3O. The molecule has 2 aliphatic rings. The number of hydrogen-bond acceptors (Lipinski definition) is 3. The molecule has 1 amide bonds. The number of hydrogen-bond donors (Lipinski definition) is 2. The molecule has 19 heavy (non-hydrogen) atoms. The largest absolute Gasteiger partial charge is 0.379 e. The van der Waals surface area contributed by atoms with E-state index in [9.17, 15) is 9.18 Å². The van der Waals surface area contributed by atoms with E-state index in [0.717, 1.165) is 25.6 Å². The molecule has 1 saturated heterocycles. The van der Waals surface area contributed by atoms with Gasteiger partial charge in [0.2, 0.25) is 5.91 Å². The molecule has 1 aliphatic carbocycles. The van der Waals surface area contributed by atoms with Crippen molar-refractivity contribution in [3.05, 3.63) is 29.6 Å². The van der Waals surface area contributed by atoms with Crippen molar-refractivity contribution < 1.29 is 9.18 Å². The zero-order valence-electron chi connectivity index (χ0n) is 10.7. The fourth-order valence-electron chi connectivity index (χ4n) is 2.69. The Kier molecular flexibility index (Phi) is 3.14. The topological polar surface area (TPSA) is 58.4 Å². The smallest absolute Gasteiger partial charge is 0.248 e. The molecule has 4 nitrogen and oxygen atoms in total. The molecule has 102 valence electrons. The van der Waals surface area contributed by atoms with Gasteiger partial charge in [-0.3, -0.25) is 9.69 Å². The number of benzene rings is 1. The second-order valence-electron chi connectivity index (χ2n) is 5.41. The van der Waals surface area contributed by atoms with E-state index in [1.165, 1.54) is 31.0 Å². The lowest BCUT2D eigenvalue weighted by Crippen LogP contribution is -2.28. The monoisotopic (exact) mass is 263 g/mol. The van der Waals surface area contributed by atoms with Gasteiger partial charge in [0.25, 0.3) is 0 Å². The first-order valence-electron chi connectivity index (χ1n) is 6.73. The molecule has 0 radical (unpaired) electrons. The third kappa shape index (κ3) is 2.71. The number of anilines is 1. The van der Waals surface area contributed by atoms with Crippen molar-refractivity contribution in [3.63, 3.8) is 0 Å². The minimum atomic E-state index is -0.533. The molecule has 1 heterocycles. The van der Waals surface area contributed by atoms with Gasteiger partial charge in [-0.1, -0.05) is 0 Å². The van der Waals surface area contributed by atoms with Crippen molar-refractivity contribution in [2.75, 3.05) is 18.4 Å². The van der Waals surface area contributed by atoms with Crippen LogP contribution in [0.3, 0.4) is 0 Å². The Balaban J connectivity index is 1.68. The minimum absolute atomic E-state index is 0.248. The van der Waals surface area contributed by atoms with Crippen LogP contribution >= 0.6 is 0 Å². The highest BCUT2D eigenvalue weighted by Gasteiger charge is 2.34. The number of nitrogens with zero attached hydrogens (tertiary/aromatic N) is 1. The van der Waals surface area contributed by atoms with Gasteiger partial charge in [-0.05, 0) is 37.5 Å². The van der Waals surface area contributed by atoms with Crippen LogP contribution in [0.15, 0.2) is 18.2 Å². The molecule has 0 spiro atoms. The van der Waals surface area contributed by atoms with Crippen molar-refractivity contribution in [1.82, 2.24) is 4.90 Å². The molecule has 3 rings (SSSR count). The van der Waals surface area contributed by atoms with Crippen LogP contribution in [0.1, 0.15) is 29.6 Å². The molecule has 1 aromatic carbocycles. The Morgan fingerprint density at radius 1 is 1.37 bits per heavy atom. The molecule has 0 aromatic heterocycles. The van der Waals surface area contributed by atoms with Crippen LogP contribution in [0.4, 0.5) is 10.1 Å². The number of amides is 1. The molecule has 1 saturated carbocycles. The summed E-state index contributed by atoms with van der Waals surface area (Å²) in [5, 5.41) is 3.19. The number of carbonyl (C=O) groups is 1. The second-order valence-corrected chi connectivity index (χ2v) is 5.41. The lowest BCUT2D eigenvalue weighted by atomic mass is 10.1. The summed E-state index contributed by atoms with van der Waals surface area (Å²) < 4.78 is 13.7. The maximum absolute atomic E-state index is 13.7. The van der Waals surface area contributed by atoms with E-state index in [0.29, 0.717) is 11.3 Å². The van der Waals surface area contributed by atoms with Gasteiger partial charge in [0, 0.05) is 30.7 Å². The number of halogens is 1. The number of carbonyl (C=O) groups excluding carboxylic acids is 1. The third-order valence-corrected chi connectivity index (χ3v) is 3.89. The van der Waals surface area contributed by atoms with E-state index in [1.54, 1.807) is 0 Å². The van der Waals surface area contributed by atoms with Crippen LogP contribution < -0.4 is 11.1 Å². The van der Waals surface area contributed by atoms with E-state index < -0.39 is 5.91 Å². The fourth-order valence-corrected chi connectivity index (χ4v) is 2.69. The second kappa shape index (κ2) is 4.81. The summed E-state index contributed by atoms with van der Waals surface area (Å²) in [6, 6.07) is 5.19. The summed E-state index contributed by atoms with van der Waals surface area (Å²) in [7, 11) is 0. The van der Waals surface area contributed by atoms with Gasteiger partial charge in [0.1, 0.15) is 5.82 Å². The molecule has 2 fully saturated rings. The molecule has 3 N–H and O–H groups in total. The standard InChI is InChI=1S/C14H18FN3O/c15-12-4-1-9(14(16)19)7-13(12)17-10-5-6-18(8-10)11-2-3-11/h1,4,7,10-11,17H,2-3,5-6,8H2,(H2,16,19). The Labute approximate surface area is 111 Å². The van der Waals surface area contributed by atoms with Crippen molar-refractivity contribution in [2.45, 2.75) is 31.3 Å². The average Bonchev–Trinajstić information content (AvgIpc) is 3.13. The van der Waals surface area contributed by atoms with E-state index in [2.05, 4.69) is 10.2 Å². The summed E-state index contributed by atoms with van der Waals surface area (Å²) in [5.41, 5.74) is 5.92. The first-order chi connectivity index (χ1) is 9.13. The van der Waals surface area contributed by atoms with E-state index in [4.69, 9.17) is 5.73 Å². The normalized spacial score (nSPS) is 23.5. The van der Waals surface area contributed by atoms with Gasteiger partial charge in [0.15, 0.2) is 0 Å². The summed E-state index contributed by atoms with van der Waals surface area (Å²) in [6.45, 7) is 2.02. The highest BCUT2D eigenvalue weighted by Crippen LogP contribution is 2.31. The molecule has 5 heteroatoms. The molecule has 1 atom stereocenters. The van der Waals surface area contributed by atoms with Crippen LogP contribution in [0.5, 0.6) is 0 Å². The lowest BCUT2D eigenvalue weighted by molar-refractivity contribution is 0.100. The summed E-state index contributed by atoms with van der Waals surface area (Å²) in [4.78, 5) is 13.6. The summed E-state index contributed by atoms with van der Waals surface area (Å²) in [5.74, 6) is -0.871.